The largest absolute Gasteiger partial charge is 0.508 e. The maximum absolute atomic E-state index is 10.9. The maximum atomic E-state index is 10.9. The van der Waals surface area contributed by atoms with E-state index < -0.39 is 0 Å². The molecule has 0 aromatic heterocycles. The molecule has 1 aromatic rings. The third kappa shape index (κ3) is 1.64. The van der Waals surface area contributed by atoms with Crippen LogP contribution in [0.15, 0.2) is 24.3 Å². The van der Waals surface area contributed by atoms with Gasteiger partial charge >= 0.3 is 0 Å². The van der Waals surface area contributed by atoms with E-state index in [4.69, 9.17) is 5.11 Å². The van der Waals surface area contributed by atoms with Crippen LogP contribution < -0.4 is 5.32 Å². The molecule has 1 aromatic carbocycles. The lowest BCUT2D eigenvalue weighted by Gasteiger charge is -2.06. The zero-order valence-corrected chi connectivity index (χ0v) is 7.16. The Kier molecular flexibility index (Phi) is 1.93. The van der Waals surface area contributed by atoms with Crippen LogP contribution in [-0.2, 0) is 4.79 Å². The number of hydrogen-bond donors (Lipinski definition) is 2. The molecule has 1 fully saturated rings. The van der Waals surface area contributed by atoms with Gasteiger partial charge in [0, 0.05) is 18.9 Å². The van der Waals surface area contributed by atoms with Crippen LogP contribution in [0.5, 0.6) is 5.75 Å². The van der Waals surface area contributed by atoms with Crippen molar-refractivity contribution in [2.45, 2.75) is 12.3 Å². The average Bonchev–Trinajstić information content (AvgIpc) is 2.53. The van der Waals surface area contributed by atoms with E-state index >= 15 is 0 Å². The third-order valence-corrected chi connectivity index (χ3v) is 2.34. The molecular weight excluding hydrogens is 166 g/mol. The Balaban J connectivity index is 2.17. The Hall–Kier alpha value is -1.51. The fourth-order valence-electron chi connectivity index (χ4n) is 1.59. The number of hydrogen-bond acceptors (Lipinski definition) is 2. The first-order chi connectivity index (χ1) is 6.25. The van der Waals surface area contributed by atoms with E-state index in [9.17, 15) is 4.79 Å². The summed E-state index contributed by atoms with van der Waals surface area (Å²) >= 11 is 0. The highest BCUT2D eigenvalue weighted by Crippen LogP contribution is 2.24. The first-order valence-corrected chi connectivity index (χ1v) is 4.31. The van der Waals surface area contributed by atoms with Gasteiger partial charge < -0.3 is 10.4 Å². The second-order valence-corrected chi connectivity index (χ2v) is 3.30. The molecule has 3 nitrogen and oxygen atoms in total. The average molecular weight is 177 g/mol. The SMILES string of the molecule is O=C1CC(c2ccc(O)cc2)CN1. The van der Waals surface area contributed by atoms with Gasteiger partial charge in [0.25, 0.3) is 0 Å². The Bertz CT molecular complexity index is 318. The molecule has 3 heteroatoms. The summed E-state index contributed by atoms with van der Waals surface area (Å²) in [5.41, 5.74) is 1.11. The maximum Gasteiger partial charge on any atom is 0.220 e. The lowest BCUT2D eigenvalue weighted by Crippen LogP contribution is -2.13. The standard InChI is InChI=1S/C10H11NO2/c12-9-3-1-7(2-4-9)8-5-10(13)11-6-8/h1-4,8,12H,5-6H2,(H,11,13). The van der Waals surface area contributed by atoms with Crippen molar-refractivity contribution in [3.8, 4) is 5.75 Å². The molecule has 1 atom stereocenters. The monoisotopic (exact) mass is 177 g/mol. The Morgan fingerprint density at radius 1 is 1.31 bits per heavy atom. The third-order valence-electron chi connectivity index (χ3n) is 2.34. The molecule has 1 aliphatic heterocycles. The molecule has 1 heterocycles. The number of benzene rings is 1. The minimum Gasteiger partial charge on any atom is -0.508 e. The quantitative estimate of drug-likeness (QED) is 0.672. The number of carbonyl (C=O) groups is 1. The number of phenols is 1. The predicted molar refractivity (Wildman–Crippen MR) is 48.5 cm³/mol. The van der Waals surface area contributed by atoms with E-state index in [0.717, 1.165) is 5.56 Å². The summed E-state index contributed by atoms with van der Waals surface area (Å²) in [6, 6.07) is 7.02. The van der Waals surface area contributed by atoms with Gasteiger partial charge in [0.15, 0.2) is 0 Å². The summed E-state index contributed by atoms with van der Waals surface area (Å²) in [6.45, 7) is 0.712. The molecule has 2 rings (SSSR count). The molecule has 0 saturated carbocycles. The van der Waals surface area contributed by atoms with Gasteiger partial charge in [0.2, 0.25) is 5.91 Å². The molecule has 1 amide bonds. The van der Waals surface area contributed by atoms with E-state index in [1.54, 1.807) is 12.1 Å². The fourth-order valence-corrected chi connectivity index (χ4v) is 1.59. The highest BCUT2D eigenvalue weighted by Gasteiger charge is 2.22. The van der Waals surface area contributed by atoms with Gasteiger partial charge in [-0.3, -0.25) is 4.79 Å². The van der Waals surface area contributed by atoms with Gasteiger partial charge in [0.1, 0.15) is 5.75 Å². The number of nitrogens with one attached hydrogen (secondary N) is 1. The van der Waals surface area contributed by atoms with E-state index in [2.05, 4.69) is 5.32 Å². The zero-order chi connectivity index (χ0) is 9.26. The summed E-state index contributed by atoms with van der Waals surface area (Å²) < 4.78 is 0. The first-order valence-electron chi connectivity index (χ1n) is 4.31. The molecule has 0 radical (unpaired) electrons. The molecule has 0 aliphatic carbocycles. The van der Waals surface area contributed by atoms with E-state index in [1.165, 1.54) is 0 Å². The van der Waals surface area contributed by atoms with Crippen LogP contribution in [0.4, 0.5) is 0 Å². The van der Waals surface area contributed by atoms with Crippen molar-refractivity contribution in [1.29, 1.82) is 0 Å². The lowest BCUT2D eigenvalue weighted by molar-refractivity contribution is -0.119. The molecule has 68 valence electrons. The van der Waals surface area contributed by atoms with Crippen LogP contribution in [-0.4, -0.2) is 17.6 Å². The number of amides is 1. The van der Waals surface area contributed by atoms with Gasteiger partial charge in [-0.1, -0.05) is 12.1 Å². The molecular formula is C10H11NO2. The molecule has 13 heavy (non-hydrogen) atoms. The number of rotatable bonds is 1. The summed E-state index contributed by atoms with van der Waals surface area (Å²) in [6.07, 6.45) is 0.560. The van der Waals surface area contributed by atoms with Crippen molar-refractivity contribution in [2.24, 2.45) is 0 Å². The van der Waals surface area contributed by atoms with Gasteiger partial charge in [-0.25, -0.2) is 0 Å². The van der Waals surface area contributed by atoms with Crippen molar-refractivity contribution in [2.75, 3.05) is 6.54 Å². The van der Waals surface area contributed by atoms with Crippen LogP contribution in [0.1, 0.15) is 17.9 Å². The van der Waals surface area contributed by atoms with Crippen molar-refractivity contribution in [3.63, 3.8) is 0 Å². The number of aromatic hydroxyl groups is 1. The summed E-state index contributed by atoms with van der Waals surface area (Å²) in [4.78, 5) is 10.9. The van der Waals surface area contributed by atoms with E-state index in [1.807, 2.05) is 12.1 Å². The Morgan fingerprint density at radius 3 is 2.54 bits per heavy atom. The smallest absolute Gasteiger partial charge is 0.220 e. The summed E-state index contributed by atoms with van der Waals surface area (Å²) in [5, 5.41) is 11.9. The van der Waals surface area contributed by atoms with Crippen LogP contribution in [0.2, 0.25) is 0 Å². The molecule has 2 N–H and O–H groups in total. The minimum absolute atomic E-state index is 0.109. The van der Waals surface area contributed by atoms with Crippen LogP contribution in [0, 0.1) is 0 Å². The normalized spacial score (nSPS) is 21.5. The first kappa shape index (κ1) is 8.10. The Labute approximate surface area is 76.4 Å². The van der Waals surface area contributed by atoms with Crippen molar-refractivity contribution >= 4 is 5.91 Å². The van der Waals surface area contributed by atoms with Crippen molar-refractivity contribution < 1.29 is 9.90 Å². The van der Waals surface area contributed by atoms with E-state index in [-0.39, 0.29) is 17.6 Å². The molecule has 1 saturated heterocycles. The molecule has 1 aliphatic rings. The minimum atomic E-state index is 0.109. The summed E-state index contributed by atoms with van der Waals surface area (Å²) in [7, 11) is 0. The summed E-state index contributed by atoms with van der Waals surface area (Å²) in [5.74, 6) is 0.646. The highest BCUT2D eigenvalue weighted by molar-refractivity contribution is 5.79. The van der Waals surface area contributed by atoms with Gasteiger partial charge in [0.05, 0.1) is 0 Å². The van der Waals surface area contributed by atoms with Crippen molar-refractivity contribution in [3.05, 3.63) is 29.8 Å². The van der Waals surface area contributed by atoms with Crippen LogP contribution in [0.25, 0.3) is 0 Å². The van der Waals surface area contributed by atoms with Crippen LogP contribution in [0.3, 0.4) is 0 Å². The second-order valence-electron chi connectivity index (χ2n) is 3.30. The second kappa shape index (κ2) is 3.09. The highest BCUT2D eigenvalue weighted by atomic mass is 16.3. The number of carbonyl (C=O) groups excluding carboxylic acids is 1. The fraction of sp³-hybridized carbons (Fsp3) is 0.300. The van der Waals surface area contributed by atoms with E-state index in [0.29, 0.717) is 13.0 Å². The van der Waals surface area contributed by atoms with Crippen LogP contribution >= 0.6 is 0 Å². The van der Waals surface area contributed by atoms with Crippen molar-refractivity contribution in [1.82, 2.24) is 5.32 Å². The zero-order valence-electron chi connectivity index (χ0n) is 7.16. The predicted octanol–water partition coefficient (Wildman–Crippen LogP) is 0.996. The molecule has 0 bridgehead atoms. The van der Waals surface area contributed by atoms with Gasteiger partial charge in [-0.15, -0.1) is 0 Å². The molecule has 0 spiro atoms. The number of phenolic OH excluding ortho intramolecular Hbond substituents is 1. The topological polar surface area (TPSA) is 49.3 Å². The lowest BCUT2D eigenvalue weighted by atomic mass is 9.98. The Morgan fingerprint density at radius 2 is 2.00 bits per heavy atom. The van der Waals surface area contributed by atoms with Gasteiger partial charge in [-0.2, -0.15) is 0 Å². The van der Waals surface area contributed by atoms with Gasteiger partial charge in [-0.05, 0) is 17.7 Å². The molecule has 1 unspecified atom stereocenters.